The van der Waals surface area contributed by atoms with Crippen LogP contribution in [0.25, 0.3) is 0 Å². The standard InChI is InChI=1S/C27H36F4O8S/c1-23(4-2-3-5-23)37-20(32)13-36-24-10-14-6-16(11-24)25(17(7-14)12-24)38-21-15-8-18(22(21)39-25)19(9-15)26(28,29)27(30,31)40(33,34)35/h14-19,21-22H,2-13H2,1H3,(H,33,34,35)/p-1. The summed E-state index contributed by atoms with van der Waals surface area (Å²) < 4.78 is 116. The highest BCUT2D eigenvalue weighted by atomic mass is 32.2. The molecule has 226 valence electrons. The Kier molecular flexibility index (Phi) is 5.93. The largest absolute Gasteiger partial charge is 0.743 e. The molecule has 8 nitrogen and oxygen atoms in total. The molecule has 0 aromatic carbocycles. The van der Waals surface area contributed by atoms with E-state index in [1.807, 2.05) is 6.92 Å². The fraction of sp³-hybridized carbons (Fsp3) is 0.963. The summed E-state index contributed by atoms with van der Waals surface area (Å²) in [4.78, 5) is 12.6. The summed E-state index contributed by atoms with van der Waals surface area (Å²) in [5.74, 6) is -9.80. The van der Waals surface area contributed by atoms with E-state index in [1.165, 1.54) is 0 Å². The Morgan fingerprint density at radius 3 is 2.23 bits per heavy atom. The van der Waals surface area contributed by atoms with Crippen LogP contribution in [-0.4, -0.2) is 65.9 Å². The normalized spacial score (nSPS) is 46.9. The van der Waals surface area contributed by atoms with Gasteiger partial charge in [-0.2, -0.15) is 17.6 Å². The van der Waals surface area contributed by atoms with Crippen molar-refractivity contribution in [3.05, 3.63) is 0 Å². The van der Waals surface area contributed by atoms with Crippen molar-refractivity contribution in [1.82, 2.24) is 0 Å². The molecule has 7 unspecified atom stereocenters. The van der Waals surface area contributed by atoms with Gasteiger partial charge in [0.15, 0.2) is 15.9 Å². The number of alkyl halides is 4. The van der Waals surface area contributed by atoms with Crippen molar-refractivity contribution in [1.29, 1.82) is 0 Å². The Hall–Kier alpha value is -1.02. The first-order chi connectivity index (χ1) is 18.6. The van der Waals surface area contributed by atoms with Crippen molar-refractivity contribution in [2.75, 3.05) is 6.61 Å². The molecule has 6 bridgehead atoms. The van der Waals surface area contributed by atoms with Gasteiger partial charge >= 0.3 is 17.1 Å². The van der Waals surface area contributed by atoms with Crippen molar-refractivity contribution in [3.8, 4) is 0 Å². The van der Waals surface area contributed by atoms with Crippen molar-refractivity contribution in [2.45, 2.75) is 118 Å². The molecule has 0 aromatic heterocycles. The lowest BCUT2D eigenvalue weighted by atomic mass is 9.51. The van der Waals surface area contributed by atoms with Crippen LogP contribution < -0.4 is 0 Å². The molecule has 7 atom stereocenters. The number of halogens is 4. The third-order valence-corrected chi connectivity index (χ3v) is 12.4. The molecule has 1 spiro atoms. The highest BCUT2D eigenvalue weighted by molar-refractivity contribution is 7.86. The number of esters is 1. The summed E-state index contributed by atoms with van der Waals surface area (Å²) in [6.07, 6.45) is 5.71. The summed E-state index contributed by atoms with van der Waals surface area (Å²) in [6.45, 7) is 1.81. The molecule has 1 aliphatic heterocycles. The van der Waals surface area contributed by atoms with Crippen LogP contribution in [0.4, 0.5) is 17.6 Å². The molecule has 0 N–H and O–H groups in total. The predicted octanol–water partition coefficient (Wildman–Crippen LogP) is 4.37. The predicted molar refractivity (Wildman–Crippen MR) is 127 cm³/mol. The molecule has 8 rings (SSSR count). The van der Waals surface area contributed by atoms with E-state index in [-0.39, 0.29) is 37.3 Å². The molecule has 7 saturated carbocycles. The topological polar surface area (TPSA) is 111 Å². The SMILES string of the molecule is CC1(OC(=O)COC23CC4CC(C2)C2(OC5C6CC(C5O2)C(C(F)(F)C(F)(F)S(=O)(=O)[O-])C6)C(C4)C3)CCCC1. The first-order valence-corrected chi connectivity index (χ1v) is 15.9. The van der Waals surface area contributed by atoms with Gasteiger partial charge in [0.2, 0.25) is 0 Å². The number of hydrogen-bond acceptors (Lipinski definition) is 8. The summed E-state index contributed by atoms with van der Waals surface area (Å²) in [7, 11) is -6.56. The van der Waals surface area contributed by atoms with Gasteiger partial charge in [0.1, 0.15) is 12.2 Å². The van der Waals surface area contributed by atoms with Gasteiger partial charge in [0, 0.05) is 17.8 Å². The molecule has 0 amide bonds. The van der Waals surface area contributed by atoms with Crippen LogP contribution in [0.15, 0.2) is 0 Å². The quantitative estimate of drug-likeness (QED) is 0.243. The summed E-state index contributed by atoms with van der Waals surface area (Å²) in [5.41, 5.74) is -0.966. The van der Waals surface area contributed by atoms with Crippen LogP contribution in [0.1, 0.15) is 77.6 Å². The second-order valence-corrected chi connectivity index (χ2v) is 15.3. The zero-order chi connectivity index (χ0) is 28.5. The van der Waals surface area contributed by atoms with Crippen LogP contribution in [0, 0.1) is 35.5 Å². The third-order valence-electron chi connectivity index (χ3n) is 11.5. The van der Waals surface area contributed by atoms with E-state index in [4.69, 9.17) is 18.9 Å². The van der Waals surface area contributed by atoms with Gasteiger partial charge in [-0.05, 0) is 95.3 Å². The highest BCUT2D eigenvalue weighted by Gasteiger charge is 2.76. The van der Waals surface area contributed by atoms with Crippen molar-refractivity contribution in [2.24, 2.45) is 35.5 Å². The van der Waals surface area contributed by atoms with E-state index >= 15 is 0 Å². The lowest BCUT2D eigenvalue weighted by Gasteiger charge is -2.62. The molecule has 1 saturated heterocycles. The Bertz CT molecular complexity index is 1170. The van der Waals surface area contributed by atoms with Gasteiger partial charge in [-0.1, -0.05) is 0 Å². The second-order valence-electron chi connectivity index (χ2n) is 13.9. The number of carbonyl (C=O) groups excluding carboxylic acids is 1. The molecule has 0 aromatic rings. The number of ether oxygens (including phenoxy) is 4. The van der Waals surface area contributed by atoms with Crippen molar-refractivity contribution < 1.29 is 54.3 Å². The molecular weight excluding hydrogens is 560 g/mol. The summed E-state index contributed by atoms with van der Waals surface area (Å²) in [6, 6.07) is 0. The Morgan fingerprint density at radius 1 is 0.975 bits per heavy atom. The molecule has 7 aliphatic carbocycles. The number of fused-ring (bicyclic) bond motifs is 5. The smallest absolute Gasteiger partial charge is 0.396 e. The van der Waals surface area contributed by atoms with Gasteiger partial charge in [-0.25, -0.2) is 13.2 Å². The molecule has 1 heterocycles. The first kappa shape index (κ1) is 27.8. The van der Waals surface area contributed by atoms with E-state index in [0.29, 0.717) is 18.8 Å². The first-order valence-electron chi connectivity index (χ1n) is 14.5. The maximum absolute atomic E-state index is 14.9. The molecule has 40 heavy (non-hydrogen) atoms. The van der Waals surface area contributed by atoms with Crippen LogP contribution >= 0.6 is 0 Å². The number of rotatable bonds is 7. The minimum absolute atomic E-state index is 0.102. The lowest BCUT2D eigenvalue weighted by molar-refractivity contribution is -0.331. The van der Waals surface area contributed by atoms with Crippen LogP contribution in [-0.2, 0) is 33.9 Å². The van der Waals surface area contributed by atoms with E-state index in [1.54, 1.807) is 0 Å². The number of carbonyl (C=O) groups is 1. The molecule has 13 heteroatoms. The zero-order valence-corrected chi connectivity index (χ0v) is 23.1. The Morgan fingerprint density at radius 2 is 1.60 bits per heavy atom. The minimum atomic E-state index is -6.56. The highest BCUT2D eigenvalue weighted by Crippen LogP contribution is 2.69. The Balaban J connectivity index is 1.06. The van der Waals surface area contributed by atoms with Gasteiger partial charge in [-0.3, -0.25) is 0 Å². The fourth-order valence-corrected chi connectivity index (χ4v) is 10.5. The summed E-state index contributed by atoms with van der Waals surface area (Å²) >= 11 is 0. The third kappa shape index (κ3) is 3.82. The van der Waals surface area contributed by atoms with Gasteiger partial charge in [-0.15, -0.1) is 0 Å². The van der Waals surface area contributed by atoms with Crippen LogP contribution in [0.5, 0.6) is 0 Å². The van der Waals surface area contributed by atoms with E-state index < -0.39 is 68.2 Å². The van der Waals surface area contributed by atoms with E-state index in [2.05, 4.69) is 0 Å². The van der Waals surface area contributed by atoms with Gasteiger partial charge < -0.3 is 23.5 Å². The maximum Gasteiger partial charge on any atom is 0.396 e. The maximum atomic E-state index is 14.9. The van der Waals surface area contributed by atoms with Crippen LogP contribution in [0.3, 0.4) is 0 Å². The lowest BCUT2D eigenvalue weighted by Crippen LogP contribution is -2.65. The average Bonchev–Trinajstić information content (AvgIpc) is 3.62. The Labute approximate surface area is 230 Å². The van der Waals surface area contributed by atoms with Crippen molar-refractivity contribution in [3.63, 3.8) is 0 Å². The minimum Gasteiger partial charge on any atom is -0.743 e. The fourth-order valence-electron chi connectivity index (χ4n) is 9.98. The number of hydrogen-bond donors (Lipinski definition) is 0. The molecule has 8 aliphatic rings. The van der Waals surface area contributed by atoms with Crippen LogP contribution in [0.2, 0.25) is 0 Å². The van der Waals surface area contributed by atoms with Gasteiger partial charge in [0.05, 0.1) is 17.8 Å². The second kappa shape index (κ2) is 8.54. The zero-order valence-electron chi connectivity index (χ0n) is 22.3. The molecular formula is C27H35F4O8S-. The average molecular weight is 596 g/mol. The molecule has 8 fully saturated rings. The van der Waals surface area contributed by atoms with E-state index in [9.17, 15) is 35.3 Å². The van der Waals surface area contributed by atoms with E-state index in [0.717, 1.165) is 44.9 Å². The van der Waals surface area contributed by atoms with Gasteiger partial charge in [0.25, 0.3) is 0 Å². The molecule has 0 radical (unpaired) electrons. The summed E-state index contributed by atoms with van der Waals surface area (Å²) in [5, 5.41) is -5.70. The van der Waals surface area contributed by atoms with Crippen molar-refractivity contribution >= 4 is 16.1 Å². The monoisotopic (exact) mass is 595 g/mol.